The van der Waals surface area contributed by atoms with E-state index in [0.717, 1.165) is 23.5 Å². The molecule has 4 nitrogen and oxygen atoms in total. The number of benzene rings is 1. The van der Waals surface area contributed by atoms with E-state index in [4.69, 9.17) is 0 Å². The van der Waals surface area contributed by atoms with Crippen LogP contribution < -0.4 is 5.32 Å². The minimum absolute atomic E-state index is 0.294. The van der Waals surface area contributed by atoms with Gasteiger partial charge in [0.25, 0.3) is 0 Å². The number of anilines is 1. The van der Waals surface area contributed by atoms with Gasteiger partial charge in [-0.25, -0.2) is 0 Å². The third kappa shape index (κ3) is 2.83. The van der Waals surface area contributed by atoms with Crippen LogP contribution in [-0.4, -0.2) is 14.9 Å². The number of phenolic OH excluding ortho intramolecular Hbond substituents is 1. The molecule has 0 radical (unpaired) electrons. The van der Waals surface area contributed by atoms with Crippen molar-refractivity contribution in [3.05, 3.63) is 41.7 Å². The second-order valence-electron chi connectivity index (χ2n) is 4.72. The second-order valence-corrected chi connectivity index (χ2v) is 4.72. The first-order valence-corrected chi connectivity index (χ1v) is 6.14. The Morgan fingerprint density at radius 1 is 1.28 bits per heavy atom. The van der Waals surface area contributed by atoms with E-state index in [2.05, 4.69) is 24.3 Å². The first-order valence-electron chi connectivity index (χ1n) is 6.14. The van der Waals surface area contributed by atoms with Gasteiger partial charge in [0, 0.05) is 18.8 Å². The molecule has 2 N–H and O–H groups in total. The Kier molecular flexibility index (Phi) is 3.55. The number of hydrogen-bond acceptors (Lipinski definition) is 3. The zero-order valence-corrected chi connectivity index (χ0v) is 11.0. The molecule has 0 unspecified atom stereocenters. The molecule has 0 bridgehead atoms. The van der Waals surface area contributed by atoms with Crippen LogP contribution in [-0.2, 0) is 6.54 Å². The molecule has 0 saturated heterocycles. The maximum absolute atomic E-state index is 9.22. The van der Waals surface area contributed by atoms with Crippen molar-refractivity contribution in [3.8, 4) is 5.75 Å². The largest absolute Gasteiger partial charge is 0.508 e. The van der Waals surface area contributed by atoms with Crippen molar-refractivity contribution in [2.75, 3.05) is 5.32 Å². The van der Waals surface area contributed by atoms with Crippen LogP contribution in [0.25, 0.3) is 0 Å². The summed E-state index contributed by atoms with van der Waals surface area (Å²) in [5.74, 6) is 0.294. The van der Waals surface area contributed by atoms with Crippen LogP contribution in [0.3, 0.4) is 0 Å². The lowest BCUT2D eigenvalue weighted by molar-refractivity contribution is 0.475. The fraction of sp³-hybridized carbons (Fsp3) is 0.357. The fourth-order valence-corrected chi connectivity index (χ4v) is 1.73. The minimum atomic E-state index is 0.294. The Bertz CT molecular complexity index is 514. The van der Waals surface area contributed by atoms with Crippen molar-refractivity contribution >= 4 is 5.69 Å². The highest BCUT2D eigenvalue weighted by atomic mass is 16.3. The SMILES string of the molecule is Cc1nn(C(C)C)cc1NCc1ccc(O)cc1. The molecule has 1 heterocycles. The summed E-state index contributed by atoms with van der Waals surface area (Å²) in [4.78, 5) is 0. The van der Waals surface area contributed by atoms with Crippen molar-refractivity contribution in [2.45, 2.75) is 33.4 Å². The predicted octanol–water partition coefficient (Wildman–Crippen LogP) is 3.09. The van der Waals surface area contributed by atoms with Crippen LogP contribution >= 0.6 is 0 Å². The van der Waals surface area contributed by atoms with E-state index >= 15 is 0 Å². The monoisotopic (exact) mass is 245 g/mol. The average molecular weight is 245 g/mol. The summed E-state index contributed by atoms with van der Waals surface area (Å²) >= 11 is 0. The number of aromatic nitrogens is 2. The Balaban J connectivity index is 2.03. The highest BCUT2D eigenvalue weighted by Gasteiger charge is 2.06. The molecule has 0 fully saturated rings. The summed E-state index contributed by atoms with van der Waals surface area (Å²) in [6, 6.07) is 7.57. The Morgan fingerprint density at radius 3 is 2.50 bits per heavy atom. The number of nitrogens with zero attached hydrogens (tertiary/aromatic N) is 2. The lowest BCUT2D eigenvalue weighted by atomic mass is 10.2. The van der Waals surface area contributed by atoms with Gasteiger partial charge in [-0.15, -0.1) is 0 Å². The number of rotatable bonds is 4. The van der Waals surface area contributed by atoms with Gasteiger partial charge in [-0.05, 0) is 38.5 Å². The Labute approximate surface area is 107 Å². The van der Waals surface area contributed by atoms with Crippen molar-refractivity contribution < 1.29 is 5.11 Å². The minimum Gasteiger partial charge on any atom is -0.508 e. The topological polar surface area (TPSA) is 50.1 Å². The van der Waals surface area contributed by atoms with E-state index in [1.807, 2.05) is 29.9 Å². The molecule has 0 aliphatic carbocycles. The van der Waals surface area contributed by atoms with Gasteiger partial charge in [0.05, 0.1) is 11.4 Å². The van der Waals surface area contributed by atoms with Crippen molar-refractivity contribution in [1.29, 1.82) is 0 Å². The van der Waals surface area contributed by atoms with Gasteiger partial charge in [-0.1, -0.05) is 12.1 Å². The van der Waals surface area contributed by atoms with Crippen LogP contribution in [0.2, 0.25) is 0 Å². The molecule has 0 saturated carbocycles. The molecule has 0 atom stereocenters. The Hall–Kier alpha value is -1.97. The molecular weight excluding hydrogens is 226 g/mol. The van der Waals surface area contributed by atoms with Crippen LogP contribution in [0, 0.1) is 6.92 Å². The summed E-state index contributed by atoms with van der Waals surface area (Å²) in [6.07, 6.45) is 2.03. The van der Waals surface area contributed by atoms with Crippen LogP contribution in [0.4, 0.5) is 5.69 Å². The summed E-state index contributed by atoms with van der Waals surface area (Å²) in [5.41, 5.74) is 3.18. The zero-order chi connectivity index (χ0) is 13.1. The quantitative estimate of drug-likeness (QED) is 0.870. The summed E-state index contributed by atoms with van der Waals surface area (Å²) in [6.45, 7) is 6.94. The fourth-order valence-electron chi connectivity index (χ4n) is 1.73. The summed E-state index contributed by atoms with van der Waals surface area (Å²) in [7, 11) is 0. The third-order valence-electron chi connectivity index (χ3n) is 2.87. The first-order chi connectivity index (χ1) is 8.56. The van der Waals surface area contributed by atoms with Gasteiger partial charge in [0.1, 0.15) is 5.75 Å². The van der Waals surface area contributed by atoms with Crippen molar-refractivity contribution in [2.24, 2.45) is 0 Å². The average Bonchev–Trinajstić information content (AvgIpc) is 2.70. The van der Waals surface area contributed by atoms with Gasteiger partial charge >= 0.3 is 0 Å². The van der Waals surface area contributed by atoms with Gasteiger partial charge in [-0.3, -0.25) is 4.68 Å². The van der Waals surface area contributed by atoms with Gasteiger partial charge in [-0.2, -0.15) is 5.10 Å². The zero-order valence-electron chi connectivity index (χ0n) is 11.0. The van der Waals surface area contributed by atoms with E-state index in [9.17, 15) is 5.11 Å². The summed E-state index contributed by atoms with van der Waals surface area (Å²) < 4.78 is 1.95. The Morgan fingerprint density at radius 2 is 1.94 bits per heavy atom. The number of phenols is 1. The van der Waals surface area contributed by atoms with Crippen LogP contribution in [0.15, 0.2) is 30.5 Å². The standard InChI is InChI=1S/C14H19N3O/c1-10(2)17-9-14(11(3)16-17)15-8-12-4-6-13(18)7-5-12/h4-7,9-10,15,18H,8H2,1-3H3. The molecular formula is C14H19N3O. The number of hydrogen-bond donors (Lipinski definition) is 2. The second kappa shape index (κ2) is 5.12. The molecule has 96 valence electrons. The highest BCUT2D eigenvalue weighted by molar-refractivity contribution is 5.46. The highest BCUT2D eigenvalue weighted by Crippen LogP contribution is 2.17. The van der Waals surface area contributed by atoms with Crippen LogP contribution in [0.1, 0.15) is 31.1 Å². The maximum Gasteiger partial charge on any atom is 0.115 e. The molecule has 0 spiro atoms. The lowest BCUT2D eigenvalue weighted by Crippen LogP contribution is -2.01. The van der Waals surface area contributed by atoms with Crippen LogP contribution in [0.5, 0.6) is 5.75 Å². The molecule has 4 heteroatoms. The third-order valence-corrected chi connectivity index (χ3v) is 2.87. The summed E-state index contributed by atoms with van der Waals surface area (Å²) in [5, 5.41) is 17.0. The van der Waals surface area contributed by atoms with E-state index in [-0.39, 0.29) is 0 Å². The molecule has 18 heavy (non-hydrogen) atoms. The molecule has 0 aliphatic heterocycles. The van der Waals surface area contributed by atoms with Crippen molar-refractivity contribution in [3.63, 3.8) is 0 Å². The van der Waals surface area contributed by atoms with Gasteiger partial charge in [0.2, 0.25) is 0 Å². The molecule has 1 aromatic heterocycles. The van der Waals surface area contributed by atoms with Gasteiger partial charge < -0.3 is 10.4 Å². The van der Waals surface area contributed by atoms with E-state index in [1.54, 1.807) is 12.1 Å². The number of aryl methyl sites for hydroxylation is 1. The van der Waals surface area contributed by atoms with Crippen molar-refractivity contribution in [1.82, 2.24) is 9.78 Å². The molecule has 0 amide bonds. The maximum atomic E-state index is 9.22. The predicted molar refractivity (Wildman–Crippen MR) is 72.8 cm³/mol. The molecule has 2 aromatic rings. The normalized spacial score (nSPS) is 10.9. The molecule has 1 aromatic carbocycles. The van der Waals surface area contributed by atoms with Gasteiger partial charge in [0.15, 0.2) is 0 Å². The van der Waals surface area contributed by atoms with E-state index in [0.29, 0.717) is 11.8 Å². The lowest BCUT2D eigenvalue weighted by Gasteiger charge is -2.05. The first kappa shape index (κ1) is 12.5. The molecule has 0 aliphatic rings. The number of aromatic hydroxyl groups is 1. The molecule has 2 rings (SSSR count). The smallest absolute Gasteiger partial charge is 0.115 e. The number of nitrogens with one attached hydrogen (secondary N) is 1. The van der Waals surface area contributed by atoms with E-state index in [1.165, 1.54) is 0 Å². The van der Waals surface area contributed by atoms with E-state index < -0.39 is 0 Å².